The van der Waals surface area contributed by atoms with Gasteiger partial charge in [0.2, 0.25) is 5.91 Å². The average Bonchev–Trinajstić information content (AvgIpc) is 2.38. The quantitative estimate of drug-likeness (QED) is 0.865. The van der Waals surface area contributed by atoms with Crippen LogP contribution in [0.15, 0.2) is 24.5 Å². The summed E-state index contributed by atoms with van der Waals surface area (Å²) in [4.78, 5) is 17.3. The monoisotopic (exact) mass is 233 g/mol. The summed E-state index contributed by atoms with van der Waals surface area (Å²) in [6, 6.07) is 3.93. The van der Waals surface area contributed by atoms with Crippen LogP contribution in [0.3, 0.4) is 0 Å². The van der Waals surface area contributed by atoms with Gasteiger partial charge in [-0.2, -0.15) is 0 Å². The first-order valence-corrected chi connectivity index (χ1v) is 6.15. The van der Waals surface area contributed by atoms with Crippen molar-refractivity contribution in [2.45, 2.75) is 19.8 Å². The first-order chi connectivity index (χ1) is 8.25. The molecule has 0 radical (unpaired) electrons. The lowest BCUT2D eigenvalue weighted by molar-refractivity contribution is -0.130. The average molecular weight is 233 g/mol. The Morgan fingerprint density at radius 3 is 3.24 bits per heavy atom. The van der Waals surface area contributed by atoms with E-state index in [1.54, 1.807) is 13.1 Å². The summed E-state index contributed by atoms with van der Waals surface area (Å²) in [6.07, 6.45) is 5.89. The fourth-order valence-electron chi connectivity index (χ4n) is 2.25. The molecule has 1 fully saturated rings. The first kappa shape index (κ1) is 11.9. The molecule has 1 atom stereocenters. The van der Waals surface area contributed by atoms with Crippen LogP contribution in [-0.4, -0.2) is 35.4 Å². The molecule has 0 spiro atoms. The van der Waals surface area contributed by atoms with Gasteiger partial charge in [0, 0.05) is 39.0 Å². The molecule has 1 saturated heterocycles. The SMILES string of the molecule is CC(=O)N1CCCC(CNc2cccnc2)C1. The van der Waals surface area contributed by atoms with Crippen LogP contribution >= 0.6 is 0 Å². The van der Waals surface area contributed by atoms with E-state index in [1.165, 1.54) is 6.42 Å². The molecule has 0 bridgehead atoms. The summed E-state index contributed by atoms with van der Waals surface area (Å²) in [5.74, 6) is 0.740. The van der Waals surface area contributed by atoms with Crippen molar-refractivity contribution in [3.8, 4) is 0 Å². The molecule has 92 valence electrons. The third kappa shape index (κ3) is 3.44. The van der Waals surface area contributed by atoms with Crippen molar-refractivity contribution >= 4 is 11.6 Å². The molecule has 2 rings (SSSR count). The highest BCUT2D eigenvalue weighted by atomic mass is 16.2. The smallest absolute Gasteiger partial charge is 0.219 e. The van der Waals surface area contributed by atoms with E-state index in [0.717, 1.165) is 31.7 Å². The van der Waals surface area contributed by atoms with Gasteiger partial charge in [0.15, 0.2) is 0 Å². The number of carbonyl (C=O) groups is 1. The fraction of sp³-hybridized carbons (Fsp3) is 0.538. The molecule has 2 heterocycles. The van der Waals surface area contributed by atoms with E-state index < -0.39 is 0 Å². The number of pyridine rings is 1. The number of carbonyl (C=O) groups excluding carboxylic acids is 1. The summed E-state index contributed by atoms with van der Waals surface area (Å²) in [5.41, 5.74) is 1.05. The fourth-order valence-corrected chi connectivity index (χ4v) is 2.25. The highest BCUT2D eigenvalue weighted by Crippen LogP contribution is 2.17. The molecule has 1 unspecified atom stereocenters. The summed E-state index contributed by atoms with van der Waals surface area (Å²) in [5, 5.41) is 3.37. The molecule has 1 aliphatic heterocycles. The van der Waals surface area contributed by atoms with Crippen molar-refractivity contribution in [2.24, 2.45) is 5.92 Å². The molecule has 1 aliphatic rings. The summed E-state index contributed by atoms with van der Waals surface area (Å²) in [6.45, 7) is 4.35. The lowest BCUT2D eigenvalue weighted by atomic mass is 9.98. The summed E-state index contributed by atoms with van der Waals surface area (Å²) < 4.78 is 0. The van der Waals surface area contributed by atoms with Crippen LogP contribution in [0.4, 0.5) is 5.69 Å². The largest absolute Gasteiger partial charge is 0.383 e. The third-order valence-electron chi connectivity index (χ3n) is 3.22. The molecule has 0 saturated carbocycles. The van der Waals surface area contributed by atoms with Gasteiger partial charge in [-0.25, -0.2) is 0 Å². The number of anilines is 1. The van der Waals surface area contributed by atoms with E-state index in [-0.39, 0.29) is 5.91 Å². The predicted octanol–water partition coefficient (Wildman–Crippen LogP) is 1.75. The lowest BCUT2D eigenvalue weighted by Crippen LogP contribution is -2.40. The minimum absolute atomic E-state index is 0.191. The van der Waals surface area contributed by atoms with Gasteiger partial charge in [-0.05, 0) is 30.9 Å². The molecule has 0 aliphatic carbocycles. The molecule has 1 aromatic rings. The Kier molecular flexibility index (Phi) is 3.96. The molecule has 1 aromatic heterocycles. The zero-order valence-electron chi connectivity index (χ0n) is 10.2. The van der Waals surface area contributed by atoms with Crippen LogP contribution in [0.5, 0.6) is 0 Å². The van der Waals surface area contributed by atoms with Gasteiger partial charge in [-0.1, -0.05) is 0 Å². The van der Waals surface area contributed by atoms with E-state index in [1.807, 2.05) is 23.2 Å². The van der Waals surface area contributed by atoms with Crippen molar-refractivity contribution in [2.75, 3.05) is 25.0 Å². The second-order valence-corrected chi connectivity index (χ2v) is 4.60. The van der Waals surface area contributed by atoms with Crippen molar-refractivity contribution in [3.05, 3.63) is 24.5 Å². The van der Waals surface area contributed by atoms with Crippen molar-refractivity contribution in [3.63, 3.8) is 0 Å². The zero-order valence-corrected chi connectivity index (χ0v) is 10.2. The van der Waals surface area contributed by atoms with Crippen LogP contribution in [0.25, 0.3) is 0 Å². The maximum atomic E-state index is 11.3. The normalized spacial score (nSPS) is 20.1. The molecular weight excluding hydrogens is 214 g/mol. The van der Waals surface area contributed by atoms with Crippen LogP contribution in [0.2, 0.25) is 0 Å². The second-order valence-electron chi connectivity index (χ2n) is 4.60. The number of hydrogen-bond donors (Lipinski definition) is 1. The van der Waals surface area contributed by atoms with Gasteiger partial charge in [0.25, 0.3) is 0 Å². The number of piperidine rings is 1. The van der Waals surface area contributed by atoms with Gasteiger partial charge >= 0.3 is 0 Å². The van der Waals surface area contributed by atoms with Crippen molar-refractivity contribution < 1.29 is 4.79 Å². The maximum absolute atomic E-state index is 11.3. The standard InChI is InChI=1S/C13H19N3O/c1-11(17)16-7-3-4-12(10-16)8-15-13-5-2-6-14-9-13/h2,5-6,9,12,15H,3-4,7-8,10H2,1H3. The Labute approximate surface area is 102 Å². The van der Waals surface area contributed by atoms with Crippen LogP contribution in [0.1, 0.15) is 19.8 Å². The van der Waals surface area contributed by atoms with Gasteiger partial charge in [0.05, 0.1) is 5.69 Å². The first-order valence-electron chi connectivity index (χ1n) is 6.15. The number of nitrogens with zero attached hydrogens (tertiary/aromatic N) is 2. The Hall–Kier alpha value is -1.58. The Morgan fingerprint density at radius 2 is 2.53 bits per heavy atom. The van der Waals surface area contributed by atoms with Gasteiger partial charge < -0.3 is 10.2 Å². The highest BCUT2D eigenvalue weighted by Gasteiger charge is 2.20. The Balaban J connectivity index is 1.81. The summed E-state index contributed by atoms with van der Waals surface area (Å²) in [7, 11) is 0. The van der Waals surface area contributed by atoms with E-state index in [2.05, 4.69) is 10.3 Å². The minimum Gasteiger partial charge on any atom is -0.383 e. The van der Waals surface area contributed by atoms with Gasteiger partial charge in [-0.15, -0.1) is 0 Å². The van der Waals surface area contributed by atoms with E-state index >= 15 is 0 Å². The number of nitrogens with one attached hydrogen (secondary N) is 1. The van der Waals surface area contributed by atoms with Gasteiger partial charge in [-0.3, -0.25) is 9.78 Å². The maximum Gasteiger partial charge on any atom is 0.219 e. The van der Waals surface area contributed by atoms with Gasteiger partial charge in [0.1, 0.15) is 0 Å². The number of rotatable bonds is 3. The van der Waals surface area contributed by atoms with Crippen molar-refractivity contribution in [1.29, 1.82) is 0 Å². The molecule has 1 N–H and O–H groups in total. The lowest BCUT2D eigenvalue weighted by Gasteiger charge is -2.32. The van der Waals surface area contributed by atoms with Crippen LogP contribution < -0.4 is 5.32 Å². The number of likely N-dealkylation sites (tertiary alicyclic amines) is 1. The molecule has 17 heavy (non-hydrogen) atoms. The number of amides is 1. The van der Waals surface area contributed by atoms with E-state index in [9.17, 15) is 4.79 Å². The predicted molar refractivity (Wildman–Crippen MR) is 67.7 cm³/mol. The Bertz CT molecular complexity index is 366. The zero-order chi connectivity index (χ0) is 12.1. The van der Waals surface area contributed by atoms with E-state index in [4.69, 9.17) is 0 Å². The molecule has 4 heteroatoms. The minimum atomic E-state index is 0.191. The second kappa shape index (κ2) is 5.66. The summed E-state index contributed by atoms with van der Waals surface area (Å²) >= 11 is 0. The van der Waals surface area contributed by atoms with Crippen LogP contribution in [0, 0.1) is 5.92 Å². The van der Waals surface area contributed by atoms with Crippen LogP contribution in [-0.2, 0) is 4.79 Å². The third-order valence-corrected chi connectivity index (χ3v) is 3.22. The highest BCUT2D eigenvalue weighted by molar-refractivity contribution is 5.73. The van der Waals surface area contributed by atoms with E-state index in [0.29, 0.717) is 5.92 Å². The number of hydrogen-bond acceptors (Lipinski definition) is 3. The molecule has 0 aromatic carbocycles. The molecule has 4 nitrogen and oxygen atoms in total. The molecular formula is C13H19N3O. The topological polar surface area (TPSA) is 45.2 Å². The Morgan fingerprint density at radius 1 is 1.65 bits per heavy atom. The molecule has 1 amide bonds. The number of aromatic nitrogens is 1. The van der Waals surface area contributed by atoms with Crippen molar-refractivity contribution in [1.82, 2.24) is 9.88 Å².